The predicted octanol–water partition coefficient (Wildman–Crippen LogP) is 3.96. The normalized spacial score (nSPS) is 21.2. The van der Waals surface area contributed by atoms with Gasteiger partial charge in [-0.25, -0.2) is 14.4 Å². The summed E-state index contributed by atoms with van der Waals surface area (Å²) in [5.41, 5.74) is 9.49. The molecular formula is C22H24Cl2FN7O. The number of benzene rings is 1. The minimum atomic E-state index is -1.18. The number of rotatable bonds is 4. The summed E-state index contributed by atoms with van der Waals surface area (Å²) < 4.78 is 16.4. The van der Waals surface area contributed by atoms with Crippen LogP contribution in [0.1, 0.15) is 25.0 Å². The Kier molecular flexibility index (Phi) is 5.68. The fourth-order valence-electron chi connectivity index (χ4n) is 4.70. The summed E-state index contributed by atoms with van der Waals surface area (Å²) in [6, 6.07) is 2.77. The lowest BCUT2D eigenvalue weighted by molar-refractivity contribution is 0.184. The number of halogens is 3. The van der Waals surface area contributed by atoms with E-state index in [-0.39, 0.29) is 6.61 Å². The Morgan fingerprint density at radius 3 is 2.82 bits per heavy atom. The second-order valence-corrected chi connectivity index (χ2v) is 9.24. The molecule has 0 aliphatic heterocycles. The quantitative estimate of drug-likeness (QED) is 0.398. The standard InChI is InChI=1S/C22H24Cl2FN7O/c1-31(15-5-3-4-12(26)18(15)25)22-14(9-33)28-19-11(8-27-21(19)29-22)10-6-7-13-16(17(10)23)20(24)32(2)30-13/h6-8,12,15,18,33H,3-5,9,26H2,1-2H3,(H,27,29)/t12-,15+,18-/m0/s1. The van der Waals surface area contributed by atoms with Crippen molar-refractivity contribution in [3.63, 3.8) is 0 Å². The molecule has 4 aromatic rings. The van der Waals surface area contributed by atoms with Gasteiger partial charge in [-0.3, -0.25) is 4.68 Å². The molecule has 3 atom stereocenters. The number of aliphatic hydroxyl groups excluding tert-OH is 1. The van der Waals surface area contributed by atoms with Crippen molar-refractivity contribution in [2.45, 2.75) is 44.1 Å². The summed E-state index contributed by atoms with van der Waals surface area (Å²) >= 11 is 13.1. The molecule has 0 spiro atoms. The first-order valence-electron chi connectivity index (χ1n) is 10.7. The predicted molar refractivity (Wildman–Crippen MR) is 128 cm³/mol. The van der Waals surface area contributed by atoms with Gasteiger partial charge in [-0.1, -0.05) is 29.3 Å². The fraction of sp³-hybridized carbons (Fsp3) is 0.409. The van der Waals surface area contributed by atoms with E-state index in [1.54, 1.807) is 29.9 Å². The second kappa shape index (κ2) is 8.39. The SMILES string of the molecule is CN(c1nc2[nH]cc(-c3ccc4nn(C)c(Cl)c4c3Cl)c2nc1CO)[C@@H]1CCC[C@H](N)[C@@H]1F. The summed E-state index contributed by atoms with van der Waals surface area (Å²) in [5, 5.41) is 16.0. The van der Waals surface area contributed by atoms with Crippen molar-refractivity contribution in [1.29, 1.82) is 0 Å². The van der Waals surface area contributed by atoms with Crippen LogP contribution in [0, 0.1) is 0 Å². The molecule has 3 aromatic heterocycles. The van der Waals surface area contributed by atoms with Crippen molar-refractivity contribution in [2.75, 3.05) is 11.9 Å². The first-order chi connectivity index (χ1) is 15.8. The minimum absolute atomic E-state index is 0.343. The Morgan fingerprint density at radius 2 is 2.06 bits per heavy atom. The lowest BCUT2D eigenvalue weighted by atomic mass is 9.89. The Morgan fingerprint density at radius 1 is 1.27 bits per heavy atom. The average Bonchev–Trinajstić information content (AvgIpc) is 3.34. The second-order valence-electron chi connectivity index (χ2n) is 8.50. The molecule has 3 heterocycles. The number of alkyl halides is 1. The molecule has 1 aliphatic carbocycles. The number of hydrogen-bond acceptors (Lipinski definition) is 6. The number of hydrogen-bond donors (Lipinski definition) is 3. The highest BCUT2D eigenvalue weighted by Gasteiger charge is 2.35. The molecule has 0 bridgehead atoms. The van der Waals surface area contributed by atoms with Crippen LogP contribution >= 0.6 is 23.2 Å². The molecule has 1 saturated carbocycles. The van der Waals surface area contributed by atoms with E-state index in [0.29, 0.717) is 62.2 Å². The molecule has 1 aromatic carbocycles. The molecule has 1 aliphatic rings. The highest BCUT2D eigenvalue weighted by Crippen LogP contribution is 2.40. The van der Waals surface area contributed by atoms with Gasteiger partial charge in [-0.2, -0.15) is 5.10 Å². The highest BCUT2D eigenvalue weighted by atomic mass is 35.5. The van der Waals surface area contributed by atoms with E-state index >= 15 is 0 Å². The van der Waals surface area contributed by atoms with E-state index in [9.17, 15) is 9.50 Å². The molecular weight excluding hydrogens is 468 g/mol. The lowest BCUT2D eigenvalue weighted by Gasteiger charge is -2.38. The van der Waals surface area contributed by atoms with Crippen molar-refractivity contribution in [3.8, 4) is 11.1 Å². The summed E-state index contributed by atoms with van der Waals surface area (Å²) in [6.45, 7) is -0.343. The number of aliphatic hydroxyl groups is 1. The zero-order chi connectivity index (χ0) is 23.4. The van der Waals surface area contributed by atoms with Gasteiger partial charge in [0.25, 0.3) is 0 Å². The molecule has 0 amide bonds. The van der Waals surface area contributed by atoms with Crippen molar-refractivity contribution in [2.24, 2.45) is 12.8 Å². The summed E-state index contributed by atoms with van der Waals surface area (Å²) in [6.07, 6.45) is 2.75. The van der Waals surface area contributed by atoms with Crippen LogP contribution in [0.15, 0.2) is 18.3 Å². The third-order valence-electron chi connectivity index (χ3n) is 6.51. The van der Waals surface area contributed by atoms with E-state index < -0.39 is 18.3 Å². The third-order valence-corrected chi connectivity index (χ3v) is 7.33. The number of nitrogens with zero attached hydrogens (tertiary/aromatic N) is 5. The summed E-state index contributed by atoms with van der Waals surface area (Å²) in [5.74, 6) is 0.428. The lowest BCUT2D eigenvalue weighted by Crippen LogP contribution is -2.51. The van der Waals surface area contributed by atoms with Gasteiger partial charge < -0.3 is 20.7 Å². The van der Waals surface area contributed by atoms with Gasteiger partial charge in [0.1, 0.15) is 22.5 Å². The first-order valence-corrected chi connectivity index (χ1v) is 11.5. The zero-order valence-corrected chi connectivity index (χ0v) is 19.7. The number of nitrogens with two attached hydrogens (primary N) is 1. The fourth-order valence-corrected chi connectivity index (χ4v) is 5.33. The molecule has 174 valence electrons. The Balaban J connectivity index is 1.61. The monoisotopic (exact) mass is 491 g/mol. The van der Waals surface area contributed by atoms with Crippen molar-refractivity contribution >= 4 is 51.1 Å². The molecule has 8 nitrogen and oxygen atoms in total. The van der Waals surface area contributed by atoms with Crippen molar-refractivity contribution in [3.05, 3.63) is 34.2 Å². The smallest absolute Gasteiger partial charge is 0.159 e. The number of H-pyrrole nitrogens is 1. The van der Waals surface area contributed by atoms with Crippen LogP contribution in [0.25, 0.3) is 33.2 Å². The third kappa shape index (κ3) is 3.54. The number of aromatic amines is 1. The number of aryl methyl sites for hydroxylation is 1. The number of aromatic nitrogens is 5. The van der Waals surface area contributed by atoms with Crippen molar-refractivity contribution < 1.29 is 9.50 Å². The molecule has 0 radical (unpaired) electrons. The Labute approximate surface area is 199 Å². The van der Waals surface area contributed by atoms with E-state index in [1.165, 1.54) is 0 Å². The molecule has 0 saturated heterocycles. The number of anilines is 1. The van der Waals surface area contributed by atoms with Gasteiger partial charge in [-0.15, -0.1) is 0 Å². The van der Waals surface area contributed by atoms with Gasteiger partial charge in [0, 0.05) is 37.5 Å². The molecule has 11 heteroatoms. The zero-order valence-electron chi connectivity index (χ0n) is 18.2. The van der Waals surface area contributed by atoms with Crippen LogP contribution in [-0.4, -0.2) is 55.1 Å². The van der Waals surface area contributed by atoms with Gasteiger partial charge in [0.05, 0.1) is 28.6 Å². The maximum Gasteiger partial charge on any atom is 0.159 e. The first kappa shape index (κ1) is 22.3. The van der Waals surface area contributed by atoms with Gasteiger partial charge in [-0.05, 0) is 25.3 Å². The van der Waals surface area contributed by atoms with Crippen LogP contribution in [0.3, 0.4) is 0 Å². The molecule has 1 fully saturated rings. The van der Waals surface area contributed by atoms with Crippen LogP contribution in [0.2, 0.25) is 10.2 Å². The van der Waals surface area contributed by atoms with Gasteiger partial charge in [0.2, 0.25) is 0 Å². The average molecular weight is 492 g/mol. The van der Waals surface area contributed by atoms with E-state index in [0.717, 1.165) is 12.0 Å². The summed E-state index contributed by atoms with van der Waals surface area (Å²) in [4.78, 5) is 14.3. The highest BCUT2D eigenvalue weighted by molar-refractivity contribution is 6.43. The topological polar surface area (TPSA) is 109 Å². The van der Waals surface area contributed by atoms with Crippen LogP contribution in [0.5, 0.6) is 0 Å². The maximum atomic E-state index is 14.8. The summed E-state index contributed by atoms with van der Waals surface area (Å²) in [7, 11) is 3.52. The maximum absolute atomic E-state index is 14.8. The van der Waals surface area contributed by atoms with Crippen LogP contribution < -0.4 is 10.6 Å². The minimum Gasteiger partial charge on any atom is -0.390 e. The molecule has 5 rings (SSSR count). The van der Waals surface area contributed by atoms with Crippen LogP contribution in [-0.2, 0) is 13.7 Å². The molecule has 0 unspecified atom stereocenters. The van der Waals surface area contributed by atoms with E-state index in [4.69, 9.17) is 33.9 Å². The number of nitrogens with one attached hydrogen (secondary N) is 1. The number of fused-ring (bicyclic) bond motifs is 2. The molecule has 4 N–H and O–H groups in total. The van der Waals surface area contributed by atoms with Crippen LogP contribution in [0.4, 0.5) is 10.2 Å². The van der Waals surface area contributed by atoms with E-state index in [1.807, 2.05) is 12.1 Å². The van der Waals surface area contributed by atoms with Crippen molar-refractivity contribution in [1.82, 2.24) is 24.7 Å². The Bertz CT molecular complexity index is 1350. The van der Waals surface area contributed by atoms with Gasteiger partial charge in [0.15, 0.2) is 11.5 Å². The van der Waals surface area contributed by atoms with E-state index in [2.05, 4.69) is 15.1 Å². The Hall–Kier alpha value is -2.46. The molecule has 33 heavy (non-hydrogen) atoms. The van der Waals surface area contributed by atoms with Gasteiger partial charge >= 0.3 is 0 Å². The largest absolute Gasteiger partial charge is 0.390 e.